The van der Waals surface area contributed by atoms with Crippen LogP contribution < -0.4 is 9.80 Å². The Balaban J connectivity index is 0.721. The second kappa shape index (κ2) is 18.4. The monoisotopic (exact) mass is 995 g/mol. The Labute approximate surface area is 456 Å². The number of para-hydroxylation sites is 2. The summed E-state index contributed by atoms with van der Waals surface area (Å²) in [5.74, 6) is 0.322. The van der Waals surface area contributed by atoms with Crippen molar-refractivity contribution in [3.05, 3.63) is 285 Å². The first kappa shape index (κ1) is 48.2. The highest BCUT2D eigenvalue weighted by atomic mass is 15.1. The first-order valence-corrected chi connectivity index (χ1v) is 27.6. The number of hydrogen-bond acceptors (Lipinski definition) is 2. The molecular weight excluding hydrogens is 929 g/mol. The summed E-state index contributed by atoms with van der Waals surface area (Å²) in [5.41, 5.74) is 29.2. The van der Waals surface area contributed by atoms with Crippen molar-refractivity contribution < 1.29 is 0 Å². The molecule has 9 aromatic carbocycles. The number of benzene rings is 9. The van der Waals surface area contributed by atoms with Gasteiger partial charge in [0.25, 0.3) is 0 Å². The van der Waals surface area contributed by atoms with Crippen LogP contribution in [0.15, 0.2) is 224 Å². The molecule has 0 saturated carbocycles. The normalized spacial score (nSPS) is 16.8. The Kier molecular flexibility index (Phi) is 11.5. The maximum Gasteiger partial charge on any atom is 0.0465 e. The zero-order valence-corrected chi connectivity index (χ0v) is 45.7. The Morgan fingerprint density at radius 3 is 1.18 bits per heavy atom. The molecular formula is C75H66N2. The zero-order chi connectivity index (χ0) is 52.8. The van der Waals surface area contributed by atoms with Gasteiger partial charge in [-0.1, -0.05) is 217 Å². The molecule has 77 heavy (non-hydrogen) atoms. The molecule has 1 atom stereocenters. The van der Waals surface area contributed by atoms with E-state index >= 15 is 0 Å². The summed E-state index contributed by atoms with van der Waals surface area (Å²) in [6.45, 7) is 18.7. The molecule has 0 spiro atoms. The van der Waals surface area contributed by atoms with Gasteiger partial charge in [-0.05, 0) is 182 Å². The van der Waals surface area contributed by atoms with E-state index in [1.807, 2.05) is 0 Å². The van der Waals surface area contributed by atoms with Crippen molar-refractivity contribution in [1.29, 1.82) is 0 Å². The van der Waals surface area contributed by atoms with Crippen molar-refractivity contribution in [2.45, 2.75) is 78.1 Å². The molecule has 9 aromatic rings. The molecule has 4 aliphatic rings. The number of hydrogen-bond donors (Lipinski definition) is 0. The topological polar surface area (TPSA) is 6.48 Å². The average Bonchev–Trinajstić information content (AvgIpc) is 4.18. The summed E-state index contributed by atoms with van der Waals surface area (Å²) < 4.78 is 0. The third kappa shape index (κ3) is 8.25. The highest BCUT2D eigenvalue weighted by Gasteiger charge is 2.41. The molecule has 2 heteroatoms. The van der Waals surface area contributed by atoms with Crippen LogP contribution in [0, 0.1) is 19.8 Å². The molecule has 4 aliphatic carbocycles. The van der Waals surface area contributed by atoms with E-state index in [9.17, 15) is 0 Å². The molecule has 2 nitrogen and oxygen atoms in total. The van der Waals surface area contributed by atoms with Gasteiger partial charge >= 0.3 is 0 Å². The fourth-order valence-corrected chi connectivity index (χ4v) is 13.1. The first-order valence-electron chi connectivity index (χ1n) is 27.6. The van der Waals surface area contributed by atoms with Crippen LogP contribution in [0.1, 0.15) is 109 Å². The summed E-state index contributed by atoms with van der Waals surface area (Å²) >= 11 is 0. The molecule has 0 saturated heterocycles. The highest BCUT2D eigenvalue weighted by Crippen LogP contribution is 2.55. The maximum atomic E-state index is 2.55. The smallest absolute Gasteiger partial charge is 0.0465 e. The third-order valence-corrected chi connectivity index (χ3v) is 17.4. The van der Waals surface area contributed by atoms with E-state index in [4.69, 9.17) is 0 Å². The standard InChI is InChI=1S/C75H66N2/c1-49-19-31-57(32-20-49)76(55-15-11-9-12-16-55)59-35-41-65-63-39-29-53(45-69(63)74(5,6)71(65)47-59)25-23-51-27-37-61-62-38-28-52(44-68(62)73(3,4)67(61)43-51)24-26-54-30-40-64-66-42-36-60(48-72(66)75(7,8)70(64)46-54)77(56-17-13-10-14-18-56)58-33-21-50(2)22-34-58/h9-29,31-48,54H,30H2,1-8H3/b25-23+,26-24+. The maximum absolute atomic E-state index is 2.55. The van der Waals surface area contributed by atoms with Crippen LogP contribution in [-0.2, 0) is 16.2 Å². The first-order chi connectivity index (χ1) is 37.2. The van der Waals surface area contributed by atoms with Crippen LogP contribution in [0.25, 0.3) is 46.1 Å². The van der Waals surface area contributed by atoms with Crippen molar-refractivity contribution in [3.8, 4) is 22.3 Å². The Hall–Kier alpha value is -8.46. The summed E-state index contributed by atoms with van der Waals surface area (Å²) in [7, 11) is 0. The van der Waals surface area contributed by atoms with Crippen LogP contribution in [0.5, 0.6) is 0 Å². The fourth-order valence-electron chi connectivity index (χ4n) is 13.1. The van der Waals surface area contributed by atoms with Gasteiger partial charge in [0.15, 0.2) is 0 Å². The summed E-state index contributed by atoms with van der Waals surface area (Å²) in [4.78, 5) is 4.76. The molecule has 0 amide bonds. The Morgan fingerprint density at radius 1 is 0.364 bits per heavy atom. The highest BCUT2D eigenvalue weighted by molar-refractivity contribution is 5.93. The molecule has 0 radical (unpaired) electrons. The number of rotatable bonds is 10. The van der Waals surface area contributed by atoms with Gasteiger partial charge < -0.3 is 9.80 Å². The summed E-state index contributed by atoms with van der Waals surface area (Å²) in [6.07, 6.45) is 15.4. The van der Waals surface area contributed by atoms with E-state index in [-0.39, 0.29) is 16.2 Å². The molecule has 0 aliphatic heterocycles. The second-order valence-electron chi connectivity index (χ2n) is 23.6. The van der Waals surface area contributed by atoms with E-state index in [1.54, 1.807) is 0 Å². The molecule has 0 aromatic heterocycles. The van der Waals surface area contributed by atoms with Gasteiger partial charge in [-0.3, -0.25) is 0 Å². The fraction of sp³-hybridized carbons (Fsp3) is 0.173. The lowest BCUT2D eigenvalue weighted by atomic mass is 9.78. The predicted octanol–water partition coefficient (Wildman–Crippen LogP) is 20.4. The number of fused-ring (bicyclic) bond motifs is 9. The van der Waals surface area contributed by atoms with Gasteiger partial charge in [-0.2, -0.15) is 0 Å². The number of anilines is 6. The van der Waals surface area contributed by atoms with Crippen molar-refractivity contribution in [3.63, 3.8) is 0 Å². The van der Waals surface area contributed by atoms with Crippen molar-refractivity contribution in [1.82, 2.24) is 0 Å². The number of allylic oxidation sites excluding steroid dienone is 5. The minimum Gasteiger partial charge on any atom is -0.310 e. The van der Waals surface area contributed by atoms with Crippen LogP contribution in [0.3, 0.4) is 0 Å². The van der Waals surface area contributed by atoms with Crippen LogP contribution in [0.4, 0.5) is 34.1 Å². The van der Waals surface area contributed by atoms with E-state index in [1.165, 1.54) is 112 Å². The lowest BCUT2D eigenvalue weighted by Crippen LogP contribution is -2.18. The molecule has 13 rings (SSSR count). The van der Waals surface area contributed by atoms with Crippen LogP contribution in [0.2, 0.25) is 0 Å². The van der Waals surface area contributed by atoms with Gasteiger partial charge in [0.2, 0.25) is 0 Å². The predicted molar refractivity (Wildman–Crippen MR) is 328 cm³/mol. The second-order valence-corrected chi connectivity index (χ2v) is 23.6. The lowest BCUT2D eigenvalue weighted by Gasteiger charge is -2.28. The van der Waals surface area contributed by atoms with Gasteiger partial charge in [-0.15, -0.1) is 0 Å². The Bertz CT molecular complexity index is 3920. The third-order valence-electron chi connectivity index (χ3n) is 17.4. The molecule has 0 bridgehead atoms. The molecule has 1 unspecified atom stereocenters. The van der Waals surface area contributed by atoms with Gasteiger partial charge in [0, 0.05) is 50.4 Å². The largest absolute Gasteiger partial charge is 0.310 e. The van der Waals surface area contributed by atoms with E-state index < -0.39 is 0 Å². The molecule has 376 valence electrons. The van der Waals surface area contributed by atoms with Crippen molar-refractivity contribution >= 4 is 57.9 Å². The zero-order valence-electron chi connectivity index (χ0n) is 45.7. The number of aryl methyl sites for hydroxylation is 2. The van der Waals surface area contributed by atoms with Crippen LogP contribution in [-0.4, -0.2) is 0 Å². The molecule has 0 N–H and O–H groups in total. The minimum atomic E-state index is -0.162. The minimum absolute atomic E-state index is 0.124. The Morgan fingerprint density at radius 2 is 0.727 bits per heavy atom. The molecule has 0 fully saturated rings. The quantitative estimate of drug-likeness (QED) is 0.126. The van der Waals surface area contributed by atoms with Gasteiger partial charge in [-0.25, -0.2) is 0 Å². The van der Waals surface area contributed by atoms with Gasteiger partial charge in [0.1, 0.15) is 0 Å². The average molecular weight is 995 g/mol. The van der Waals surface area contributed by atoms with E-state index in [0.29, 0.717) is 5.92 Å². The van der Waals surface area contributed by atoms with Crippen molar-refractivity contribution in [2.75, 3.05) is 9.80 Å². The van der Waals surface area contributed by atoms with E-state index in [2.05, 4.69) is 302 Å². The van der Waals surface area contributed by atoms with E-state index in [0.717, 1.165) is 23.5 Å². The summed E-state index contributed by atoms with van der Waals surface area (Å²) in [6, 6.07) is 74.5. The van der Waals surface area contributed by atoms with Gasteiger partial charge in [0.05, 0.1) is 0 Å². The van der Waals surface area contributed by atoms with Crippen molar-refractivity contribution in [2.24, 2.45) is 5.92 Å². The lowest BCUT2D eigenvalue weighted by molar-refractivity contribution is 0.645. The van der Waals surface area contributed by atoms with Crippen LogP contribution >= 0.6 is 0 Å². The SMILES string of the molecule is Cc1ccc(N(c2ccccc2)c2ccc3c(c2)C(C)(C)C2=CC(/C=C/c4ccc5c(c4)C(C)(C)c4cc(/C=C/c6ccc7c(c6)C(C)(C)c6cc(N(c8ccccc8)c8ccc(C)cc8)ccc6-7)ccc4-5)CC=C23)cc1. The number of nitrogens with zero attached hydrogens (tertiary/aromatic N) is 2. The summed E-state index contributed by atoms with van der Waals surface area (Å²) in [5, 5.41) is 0. The molecule has 0 heterocycles.